The van der Waals surface area contributed by atoms with Gasteiger partial charge in [-0.2, -0.15) is 0 Å². The van der Waals surface area contributed by atoms with E-state index in [0.29, 0.717) is 17.9 Å². The van der Waals surface area contributed by atoms with Crippen LogP contribution in [-0.2, 0) is 9.59 Å². The predicted octanol–water partition coefficient (Wildman–Crippen LogP) is 3.74. The molecule has 0 saturated carbocycles. The van der Waals surface area contributed by atoms with Gasteiger partial charge in [0.05, 0.1) is 11.8 Å². The van der Waals surface area contributed by atoms with Crippen molar-refractivity contribution in [3.63, 3.8) is 0 Å². The van der Waals surface area contributed by atoms with Crippen molar-refractivity contribution in [2.24, 2.45) is 0 Å². The first kappa shape index (κ1) is 20.9. The van der Waals surface area contributed by atoms with E-state index in [2.05, 4.69) is 18.7 Å². The molecular weight excluding hydrogens is 368 g/mol. The second-order valence-electron chi connectivity index (χ2n) is 7.25. The molecule has 0 spiro atoms. The van der Waals surface area contributed by atoms with Gasteiger partial charge in [0.2, 0.25) is 0 Å². The van der Waals surface area contributed by atoms with Crippen LogP contribution in [0, 0.1) is 6.92 Å². The average Bonchev–Trinajstić information content (AvgIpc) is 3.33. The number of hydrogen-bond acceptors (Lipinski definition) is 5. The number of ketones is 1. The van der Waals surface area contributed by atoms with Crippen LogP contribution >= 0.6 is 0 Å². The Kier molecular flexibility index (Phi) is 6.54. The maximum atomic E-state index is 12.9. The Hall–Kier alpha value is -2.86. The Morgan fingerprint density at radius 3 is 2.41 bits per heavy atom. The fourth-order valence-electron chi connectivity index (χ4n) is 3.72. The average molecular weight is 396 g/mol. The first-order valence-corrected chi connectivity index (χ1v) is 10.1. The lowest BCUT2D eigenvalue weighted by molar-refractivity contribution is -0.140. The minimum atomic E-state index is -0.719. The highest BCUT2D eigenvalue weighted by molar-refractivity contribution is 6.46. The molecule has 0 unspecified atom stereocenters. The van der Waals surface area contributed by atoms with Gasteiger partial charge >= 0.3 is 0 Å². The number of nitrogens with zero attached hydrogens (tertiary/aromatic N) is 2. The molecule has 0 radical (unpaired) electrons. The van der Waals surface area contributed by atoms with Gasteiger partial charge in [0.15, 0.2) is 0 Å². The zero-order chi connectivity index (χ0) is 21.0. The minimum absolute atomic E-state index is 0.0802. The molecule has 1 aliphatic rings. The predicted molar refractivity (Wildman–Crippen MR) is 111 cm³/mol. The van der Waals surface area contributed by atoms with E-state index in [9.17, 15) is 14.7 Å². The summed E-state index contributed by atoms with van der Waals surface area (Å²) in [5.74, 6) is -0.969. The van der Waals surface area contributed by atoms with Crippen LogP contribution in [0.2, 0.25) is 0 Å². The summed E-state index contributed by atoms with van der Waals surface area (Å²) in [4.78, 5) is 29.4. The molecule has 1 amide bonds. The number of aryl methyl sites for hydroxylation is 1. The molecule has 154 valence electrons. The Bertz CT molecular complexity index is 880. The standard InChI is InChI=1S/C23H28N2O4/c1-4-24(5-2)13-7-14-25-20(18-8-6-15-29-18)19(22(27)23(25)28)21(26)17-11-9-16(3)10-12-17/h6,8-12,15,20,26H,4-5,7,13-14H2,1-3H3/b21-19+/t20-/m1/s1. The lowest BCUT2D eigenvalue weighted by Crippen LogP contribution is -2.33. The number of aliphatic hydroxyl groups excluding tert-OH is 1. The second kappa shape index (κ2) is 9.09. The van der Waals surface area contributed by atoms with Gasteiger partial charge in [-0.1, -0.05) is 43.7 Å². The van der Waals surface area contributed by atoms with E-state index >= 15 is 0 Å². The normalized spacial score (nSPS) is 18.8. The molecular formula is C23H28N2O4. The van der Waals surface area contributed by atoms with E-state index in [-0.39, 0.29) is 11.3 Å². The van der Waals surface area contributed by atoms with Crippen molar-refractivity contribution in [2.75, 3.05) is 26.2 Å². The van der Waals surface area contributed by atoms with Crippen LogP contribution < -0.4 is 0 Å². The van der Waals surface area contributed by atoms with Crippen LogP contribution in [0.4, 0.5) is 0 Å². The Labute approximate surface area is 171 Å². The first-order valence-electron chi connectivity index (χ1n) is 10.1. The number of hydrogen-bond donors (Lipinski definition) is 1. The molecule has 1 aromatic carbocycles. The van der Waals surface area contributed by atoms with Crippen molar-refractivity contribution in [1.82, 2.24) is 9.80 Å². The SMILES string of the molecule is CCN(CC)CCCN1C(=O)C(=O)/C(=C(/O)c2ccc(C)cc2)[C@H]1c1ccco1. The van der Waals surface area contributed by atoms with E-state index in [4.69, 9.17) is 4.42 Å². The number of carbonyl (C=O) groups excluding carboxylic acids is 2. The maximum absolute atomic E-state index is 12.9. The van der Waals surface area contributed by atoms with Gasteiger partial charge in [0.1, 0.15) is 17.6 Å². The molecule has 2 heterocycles. The highest BCUT2D eigenvalue weighted by Gasteiger charge is 2.47. The molecule has 1 atom stereocenters. The van der Waals surface area contributed by atoms with Gasteiger partial charge in [-0.15, -0.1) is 0 Å². The smallest absolute Gasteiger partial charge is 0.295 e. The van der Waals surface area contributed by atoms with Crippen molar-refractivity contribution >= 4 is 17.4 Å². The number of aliphatic hydroxyl groups is 1. The maximum Gasteiger partial charge on any atom is 0.295 e. The first-order chi connectivity index (χ1) is 14.0. The number of likely N-dealkylation sites (tertiary alicyclic amines) is 1. The van der Waals surface area contributed by atoms with E-state index in [1.54, 1.807) is 24.3 Å². The van der Waals surface area contributed by atoms with Crippen LogP contribution in [0.5, 0.6) is 0 Å². The zero-order valence-corrected chi connectivity index (χ0v) is 17.2. The van der Waals surface area contributed by atoms with Crippen molar-refractivity contribution < 1.29 is 19.1 Å². The van der Waals surface area contributed by atoms with Crippen LogP contribution in [-0.4, -0.2) is 52.8 Å². The molecule has 1 aliphatic heterocycles. The molecule has 0 bridgehead atoms. The summed E-state index contributed by atoms with van der Waals surface area (Å²) in [7, 11) is 0. The van der Waals surface area contributed by atoms with Gasteiger partial charge in [-0.25, -0.2) is 0 Å². The Morgan fingerprint density at radius 2 is 1.83 bits per heavy atom. The van der Waals surface area contributed by atoms with Gasteiger partial charge in [0.25, 0.3) is 11.7 Å². The number of furan rings is 1. The Morgan fingerprint density at radius 1 is 1.14 bits per heavy atom. The Balaban J connectivity index is 1.95. The van der Waals surface area contributed by atoms with Crippen LogP contribution in [0.25, 0.3) is 5.76 Å². The molecule has 1 saturated heterocycles. The number of carbonyl (C=O) groups is 2. The van der Waals surface area contributed by atoms with Gasteiger partial charge in [-0.3, -0.25) is 9.59 Å². The van der Waals surface area contributed by atoms with Crippen molar-refractivity contribution in [1.29, 1.82) is 0 Å². The lowest BCUT2D eigenvalue weighted by atomic mass is 9.99. The summed E-state index contributed by atoms with van der Waals surface area (Å²) in [6.07, 6.45) is 2.24. The van der Waals surface area contributed by atoms with Gasteiger partial charge in [-0.05, 0) is 45.1 Å². The van der Waals surface area contributed by atoms with Gasteiger partial charge < -0.3 is 19.3 Å². The quantitative estimate of drug-likeness (QED) is 0.418. The molecule has 29 heavy (non-hydrogen) atoms. The van der Waals surface area contributed by atoms with Crippen molar-refractivity contribution in [3.05, 3.63) is 65.1 Å². The molecule has 3 rings (SSSR count). The highest BCUT2D eigenvalue weighted by atomic mass is 16.3. The van der Waals surface area contributed by atoms with E-state index in [1.165, 1.54) is 11.2 Å². The van der Waals surface area contributed by atoms with E-state index in [0.717, 1.165) is 31.6 Å². The van der Waals surface area contributed by atoms with Crippen LogP contribution in [0.1, 0.15) is 43.2 Å². The molecule has 6 heteroatoms. The van der Waals surface area contributed by atoms with E-state index in [1.807, 2.05) is 19.1 Å². The molecule has 6 nitrogen and oxygen atoms in total. The summed E-state index contributed by atoms with van der Waals surface area (Å²) in [6.45, 7) is 9.26. The topological polar surface area (TPSA) is 74.0 Å². The molecule has 2 aromatic rings. The summed E-state index contributed by atoms with van der Waals surface area (Å²) in [6, 6.07) is 9.94. The molecule has 1 fully saturated rings. The summed E-state index contributed by atoms with van der Waals surface area (Å²) >= 11 is 0. The van der Waals surface area contributed by atoms with Crippen molar-refractivity contribution in [2.45, 2.75) is 33.2 Å². The third-order valence-electron chi connectivity index (χ3n) is 5.45. The number of amides is 1. The monoisotopic (exact) mass is 396 g/mol. The van der Waals surface area contributed by atoms with Gasteiger partial charge in [0, 0.05) is 12.1 Å². The van der Waals surface area contributed by atoms with Crippen LogP contribution in [0.15, 0.2) is 52.7 Å². The second-order valence-corrected chi connectivity index (χ2v) is 7.25. The van der Waals surface area contributed by atoms with Crippen LogP contribution in [0.3, 0.4) is 0 Å². The lowest BCUT2D eigenvalue weighted by Gasteiger charge is -2.25. The molecule has 1 N–H and O–H groups in total. The fraction of sp³-hybridized carbons (Fsp3) is 0.391. The largest absolute Gasteiger partial charge is 0.507 e. The third kappa shape index (κ3) is 4.27. The number of Topliss-reactive ketones (excluding diaryl/α,β-unsaturated/α-hetero) is 1. The zero-order valence-electron chi connectivity index (χ0n) is 17.2. The summed E-state index contributed by atoms with van der Waals surface area (Å²) in [5, 5.41) is 10.9. The highest BCUT2D eigenvalue weighted by Crippen LogP contribution is 2.39. The molecule has 0 aliphatic carbocycles. The summed E-state index contributed by atoms with van der Waals surface area (Å²) in [5.41, 5.74) is 1.63. The van der Waals surface area contributed by atoms with Crippen molar-refractivity contribution in [3.8, 4) is 0 Å². The summed E-state index contributed by atoms with van der Waals surface area (Å²) < 4.78 is 5.55. The fourth-order valence-corrected chi connectivity index (χ4v) is 3.72. The number of benzene rings is 1. The minimum Gasteiger partial charge on any atom is -0.507 e. The van der Waals surface area contributed by atoms with E-state index < -0.39 is 17.7 Å². The molecule has 1 aromatic heterocycles. The number of rotatable bonds is 8. The third-order valence-corrected chi connectivity index (χ3v) is 5.45.